The van der Waals surface area contributed by atoms with Crippen molar-refractivity contribution in [2.45, 2.75) is 13.8 Å². The monoisotopic (exact) mass is 150 g/mol. The molecule has 0 unspecified atom stereocenters. The van der Waals surface area contributed by atoms with Crippen LogP contribution in [0.25, 0.3) is 0 Å². The second-order valence-corrected chi connectivity index (χ2v) is 3.43. The lowest BCUT2D eigenvalue weighted by molar-refractivity contribution is -0.310. The summed E-state index contributed by atoms with van der Waals surface area (Å²) < 4.78 is 9.90. The van der Waals surface area contributed by atoms with E-state index in [2.05, 4.69) is 0 Å². The molecule has 0 fully saturated rings. The van der Waals surface area contributed by atoms with Crippen molar-refractivity contribution in [2.24, 2.45) is 5.92 Å². The van der Waals surface area contributed by atoms with Gasteiger partial charge in [-0.15, -0.1) is 0 Å². The molecule has 0 bridgehead atoms. The lowest BCUT2D eigenvalue weighted by Gasteiger charge is -2.28. The van der Waals surface area contributed by atoms with Gasteiger partial charge in [-0.3, -0.25) is 4.79 Å². The highest BCUT2D eigenvalue weighted by atomic mass is 31.2. The van der Waals surface area contributed by atoms with Crippen molar-refractivity contribution < 1.29 is 19.1 Å². The Bertz CT molecular complexity index is 156. The van der Waals surface area contributed by atoms with E-state index < -0.39 is 19.0 Å². The largest absolute Gasteiger partial charge is 0.805 e. The topological polar surface area (TPSA) is 80.3 Å². The van der Waals surface area contributed by atoms with Crippen LogP contribution in [0.5, 0.6) is 0 Å². The quantitative estimate of drug-likeness (QED) is 0.477. The van der Waals surface area contributed by atoms with Crippen molar-refractivity contribution in [3.63, 3.8) is 0 Å². The van der Waals surface area contributed by atoms with Crippen molar-refractivity contribution in [3.8, 4) is 0 Å². The molecule has 9 heavy (non-hydrogen) atoms. The van der Waals surface area contributed by atoms with E-state index in [9.17, 15) is 19.1 Å². The average molecular weight is 150 g/mol. The highest BCUT2D eigenvalue weighted by molar-refractivity contribution is 7.67. The summed E-state index contributed by atoms with van der Waals surface area (Å²) in [7, 11) is -4.95. The van der Waals surface area contributed by atoms with E-state index in [4.69, 9.17) is 0 Å². The van der Waals surface area contributed by atoms with E-state index in [-0.39, 0.29) is 0 Å². The zero-order valence-electron chi connectivity index (χ0n) is 5.16. The minimum absolute atomic E-state index is 0.717. The van der Waals surface area contributed by atoms with Gasteiger partial charge in [0, 0.05) is 13.5 Å². The SMILES string of the molecule is CC(C)C(=O)P(=O)([O-])[O-]. The maximum Gasteiger partial charge on any atom is 0.165 e. The fourth-order valence-corrected chi connectivity index (χ4v) is 0.949. The molecule has 0 aliphatic rings. The van der Waals surface area contributed by atoms with E-state index in [0.29, 0.717) is 0 Å². The van der Waals surface area contributed by atoms with Crippen molar-refractivity contribution >= 4 is 13.1 Å². The summed E-state index contributed by atoms with van der Waals surface area (Å²) in [5, 5.41) is 0. The molecule has 0 atom stereocenters. The highest BCUT2D eigenvalue weighted by Gasteiger charge is 2.09. The second-order valence-electron chi connectivity index (χ2n) is 1.99. The number of carbonyl (C=O) groups excluding carboxylic acids is 1. The van der Waals surface area contributed by atoms with E-state index in [0.717, 1.165) is 0 Å². The Kier molecular flexibility index (Phi) is 2.55. The van der Waals surface area contributed by atoms with Gasteiger partial charge in [-0.1, -0.05) is 13.8 Å². The van der Waals surface area contributed by atoms with E-state index in [1.165, 1.54) is 13.8 Å². The van der Waals surface area contributed by atoms with Crippen LogP contribution in [0.2, 0.25) is 0 Å². The first-order valence-electron chi connectivity index (χ1n) is 2.42. The fourth-order valence-electron chi connectivity index (χ4n) is 0.316. The summed E-state index contributed by atoms with van der Waals surface area (Å²) in [6.45, 7) is 2.73. The number of hydrogen-bond acceptors (Lipinski definition) is 4. The Labute approximate surface area is 53.0 Å². The first-order chi connectivity index (χ1) is 3.85. The number of hydrogen-bond donors (Lipinski definition) is 0. The van der Waals surface area contributed by atoms with E-state index in [1.54, 1.807) is 0 Å². The molecule has 0 amide bonds. The summed E-state index contributed by atoms with van der Waals surface area (Å²) in [5.74, 6) is -0.717. The minimum Gasteiger partial charge on any atom is -0.805 e. The fraction of sp³-hybridized carbons (Fsp3) is 0.750. The zero-order chi connectivity index (χ0) is 7.65. The van der Waals surface area contributed by atoms with Gasteiger partial charge in [0.2, 0.25) is 0 Å². The molecule has 0 aromatic heterocycles. The Morgan fingerprint density at radius 1 is 1.44 bits per heavy atom. The third-order valence-electron chi connectivity index (χ3n) is 0.764. The van der Waals surface area contributed by atoms with Gasteiger partial charge in [0.05, 0.1) is 0 Å². The Morgan fingerprint density at radius 2 is 1.78 bits per heavy atom. The Balaban J connectivity index is 4.24. The van der Waals surface area contributed by atoms with Gasteiger partial charge >= 0.3 is 0 Å². The third-order valence-corrected chi connectivity index (χ3v) is 1.82. The minimum atomic E-state index is -4.95. The molecular weight excluding hydrogens is 143 g/mol. The molecule has 0 saturated heterocycles. The van der Waals surface area contributed by atoms with Crippen LogP contribution in [-0.2, 0) is 9.36 Å². The van der Waals surface area contributed by atoms with Gasteiger partial charge < -0.3 is 14.4 Å². The Hall–Kier alpha value is -0.180. The summed E-state index contributed by atoms with van der Waals surface area (Å²) >= 11 is 0. The summed E-state index contributed by atoms with van der Waals surface area (Å²) in [6, 6.07) is 0. The molecule has 0 spiro atoms. The molecule has 0 rings (SSSR count). The van der Waals surface area contributed by atoms with Gasteiger partial charge in [0.1, 0.15) is 0 Å². The summed E-state index contributed by atoms with van der Waals surface area (Å²) in [6.07, 6.45) is 0. The molecule has 0 N–H and O–H groups in total. The van der Waals surface area contributed by atoms with Crippen LogP contribution in [0.15, 0.2) is 0 Å². The van der Waals surface area contributed by atoms with Crippen LogP contribution in [0, 0.1) is 5.92 Å². The standard InChI is InChI=1S/C4H9O4P/c1-3(2)4(5)9(6,7)8/h3H,1-2H3,(H2,6,7,8)/p-2. The predicted molar refractivity (Wildman–Crippen MR) is 27.5 cm³/mol. The van der Waals surface area contributed by atoms with Crippen molar-refractivity contribution in [3.05, 3.63) is 0 Å². The van der Waals surface area contributed by atoms with E-state index in [1.807, 2.05) is 0 Å². The highest BCUT2D eigenvalue weighted by Crippen LogP contribution is 2.28. The van der Waals surface area contributed by atoms with E-state index >= 15 is 0 Å². The van der Waals surface area contributed by atoms with Gasteiger partial charge in [-0.2, -0.15) is 0 Å². The Morgan fingerprint density at radius 3 is 1.78 bits per heavy atom. The van der Waals surface area contributed by atoms with Gasteiger partial charge in [0.15, 0.2) is 5.52 Å². The molecule has 0 saturated carbocycles. The normalized spacial score (nSPS) is 12.1. The van der Waals surface area contributed by atoms with Crippen LogP contribution in [-0.4, -0.2) is 5.52 Å². The van der Waals surface area contributed by atoms with Crippen LogP contribution in [0.3, 0.4) is 0 Å². The molecule has 4 nitrogen and oxygen atoms in total. The smallest absolute Gasteiger partial charge is 0.165 e. The van der Waals surface area contributed by atoms with Crippen LogP contribution in [0.4, 0.5) is 0 Å². The molecule has 0 aromatic carbocycles. The first-order valence-corrected chi connectivity index (χ1v) is 3.96. The number of rotatable bonds is 2. The molecule has 0 aliphatic heterocycles. The molecular formula is C4H7O4P-2. The molecule has 0 aromatic rings. The summed E-state index contributed by atoms with van der Waals surface area (Å²) in [5.41, 5.74) is -1.22. The zero-order valence-corrected chi connectivity index (χ0v) is 6.05. The maximum atomic E-state index is 10.3. The molecule has 0 heterocycles. The molecule has 5 heteroatoms. The lowest BCUT2D eigenvalue weighted by atomic mass is 10.3. The average Bonchev–Trinajstić information content (AvgIpc) is 1.62. The summed E-state index contributed by atoms with van der Waals surface area (Å²) in [4.78, 5) is 30.1. The maximum absolute atomic E-state index is 10.3. The van der Waals surface area contributed by atoms with Gasteiger partial charge in [0.25, 0.3) is 0 Å². The van der Waals surface area contributed by atoms with Gasteiger partial charge in [-0.05, 0) is 0 Å². The second kappa shape index (κ2) is 2.60. The predicted octanol–water partition coefficient (Wildman–Crippen LogP) is -0.917. The lowest BCUT2D eigenvalue weighted by Crippen LogP contribution is -2.24. The van der Waals surface area contributed by atoms with Crippen LogP contribution >= 0.6 is 7.60 Å². The van der Waals surface area contributed by atoms with Crippen molar-refractivity contribution in [1.82, 2.24) is 0 Å². The van der Waals surface area contributed by atoms with Crippen molar-refractivity contribution in [1.29, 1.82) is 0 Å². The number of carbonyl (C=O) groups is 1. The van der Waals surface area contributed by atoms with Gasteiger partial charge in [-0.25, -0.2) is 0 Å². The molecule has 0 radical (unpaired) electrons. The van der Waals surface area contributed by atoms with Crippen LogP contribution in [0.1, 0.15) is 13.8 Å². The van der Waals surface area contributed by atoms with Crippen molar-refractivity contribution in [2.75, 3.05) is 0 Å². The van der Waals surface area contributed by atoms with Crippen LogP contribution < -0.4 is 9.79 Å². The third kappa shape index (κ3) is 2.75. The molecule has 54 valence electrons. The first kappa shape index (κ1) is 8.82. The molecule has 0 aliphatic carbocycles.